The van der Waals surface area contributed by atoms with E-state index in [9.17, 15) is 4.79 Å². The second-order valence-electron chi connectivity index (χ2n) is 5.13. The number of nitrogens with one attached hydrogen (secondary N) is 1. The van der Waals surface area contributed by atoms with Gasteiger partial charge < -0.3 is 10.1 Å². The van der Waals surface area contributed by atoms with Crippen molar-refractivity contribution in [2.45, 2.75) is 13.3 Å². The van der Waals surface area contributed by atoms with Crippen LogP contribution in [0.4, 0.5) is 0 Å². The molecule has 0 bridgehead atoms. The van der Waals surface area contributed by atoms with Crippen LogP contribution in [0.2, 0.25) is 0 Å². The molecule has 3 rings (SSSR count). The Morgan fingerprint density at radius 1 is 1.21 bits per heavy atom. The van der Waals surface area contributed by atoms with Crippen LogP contribution in [0.5, 0.6) is 5.75 Å². The highest BCUT2D eigenvalue weighted by Crippen LogP contribution is 2.25. The fourth-order valence-corrected chi connectivity index (χ4v) is 3.73. The normalized spacial score (nSPS) is 10.5. The molecule has 0 aliphatic rings. The first kappa shape index (κ1) is 16.7. The Kier molecular flexibility index (Phi) is 5.61. The number of hydrogen-bond acceptors (Lipinski definition) is 5. The molecule has 0 saturated carbocycles. The number of amides is 1. The van der Waals surface area contributed by atoms with Gasteiger partial charge in [0.15, 0.2) is 0 Å². The third-order valence-corrected chi connectivity index (χ3v) is 5.05. The van der Waals surface area contributed by atoms with Crippen LogP contribution < -0.4 is 10.1 Å². The van der Waals surface area contributed by atoms with Crippen molar-refractivity contribution in [3.8, 4) is 16.3 Å². The van der Waals surface area contributed by atoms with Crippen LogP contribution in [0.25, 0.3) is 10.6 Å². The van der Waals surface area contributed by atoms with E-state index in [1.165, 1.54) is 16.9 Å². The first-order valence-electron chi connectivity index (χ1n) is 7.74. The molecule has 0 aliphatic heterocycles. The fourth-order valence-electron chi connectivity index (χ4n) is 2.22. The Hall–Kier alpha value is -2.18. The van der Waals surface area contributed by atoms with Crippen molar-refractivity contribution in [2.24, 2.45) is 0 Å². The van der Waals surface area contributed by atoms with Crippen molar-refractivity contribution >= 4 is 28.6 Å². The number of ether oxygens (including phenoxy) is 1. The van der Waals surface area contributed by atoms with Crippen molar-refractivity contribution < 1.29 is 9.53 Å². The summed E-state index contributed by atoms with van der Waals surface area (Å²) in [4.78, 5) is 16.6. The molecule has 1 N–H and O–H groups in total. The van der Waals surface area contributed by atoms with E-state index in [0.29, 0.717) is 18.8 Å². The lowest BCUT2D eigenvalue weighted by atomic mass is 10.2. The highest BCUT2D eigenvalue weighted by atomic mass is 32.1. The van der Waals surface area contributed by atoms with Gasteiger partial charge in [0, 0.05) is 17.5 Å². The van der Waals surface area contributed by atoms with Gasteiger partial charge in [-0.3, -0.25) is 4.79 Å². The van der Waals surface area contributed by atoms with Gasteiger partial charge in [-0.2, -0.15) is 11.3 Å². The standard InChI is InChI=1S/C18H18N2O2S2/c1-2-22-15-5-3-14(4-6-15)18-20-16(12-24-18)17(21)19-9-7-13-8-10-23-11-13/h3-6,8,10-12H,2,7,9H2,1H3,(H,19,21). The summed E-state index contributed by atoms with van der Waals surface area (Å²) in [5.41, 5.74) is 2.70. The summed E-state index contributed by atoms with van der Waals surface area (Å²) >= 11 is 3.14. The van der Waals surface area contributed by atoms with E-state index >= 15 is 0 Å². The van der Waals surface area contributed by atoms with E-state index in [2.05, 4.69) is 21.7 Å². The molecule has 0 fully saturated rings. The van der Waals surface area contributed by atoms with Crippen molar-refractivity contribution in [2.75, 3.05) is 13.2 Å². The summed E-state index contributed by atoms with van der Waals surface area (Å²) < 4.78 is 5.43. The fraction of sp³-hybridized carbons (Fsp3) is 0.222. The highest BCUT2D eigenvalue weighted by molar-refractivity contribution is 7.13. The number of rotatable bonds is 7. The quantitative estimate of drug-likeness (QED) is 0.687. The molecular weight excluding hydrogens is 340 g/mol. The summed E-state index contributed by atoms with van der Waals surface area (Å²) in [6.07, 6.45) is 0.838. The summed E-state index contributed by atoms with van der Waals surface area (Å²) in [5.74, 6) is 0.711. The molecule has 124 valence electrons. The number of thiophene rings is 1. The summed E-state index contributed by atoms with van der Waals surface area (Å²) in [6, 6.07) is 9.83. The minimum absolute atomic E-state index is 0.126. The third-order valence-electron chi connectivity index (χ3n) is 3.43. The number of hydrogen-bond donors (Lipinski definition) is 1. The number of benzene rings is 1. The van der Waals surface area contributed by atoms with E-state index in [1.807, 2.05) is 36.6 Å². The lowest BCUT2D eigenvalue weighted by Crippen LogP contribution is -2.25. The van der Waals surface area contributed by atoms with Gasteiger partial charge in [-0.25, -0.2) is 4.98 Å². The van der Waals surface area contributed by atoms with Crippen LogP contribution in [0.3, 0.4) is 0 Å². The van der Waals surface area contributed by atoms with E-state index in [-0.39, 0.29) is 5.91 Å². The van der Waals surface area contributed by atoms with E-state index in [0.717, 1.165) is 22.7 Å². The van der Waals surface area contributed by atoms with Crippen LogP contribution in [0.15, 0.2) is 46.5 Å². The summed E-state index contributed by atoms with van der Waals surface area (Å²) in [7, 11) is 0. The van der Waals surface area contributed by atoms with Crippen molar-refractivity contribution in [1.82, 2.24) is 10.3 Å². The van der Waals surface area contributed by atoms with Gasteiger partial charge in [0.25, 0.3) is 5.91 Å². The minimum atomic E-state index is -0.126. The summed E-state index contributed by atoms with van der Waals surface area (Å²) in [5, 5.41) is 9.69. The molecule has 1 amide bonds. The highest BCUT2D eigenvalue weighted by Gasteiger charge is 2.11. The van der Waals surface area contributed by atoms with Gasteiger partial charge in [-0.1, -0.05) is 0 Å². The molecular formula is C18H18N2O2S2. The topological polar surface area (TPSA) is 51.2 Å². The van der Waals surface area contributed by atoms with E-state index in [1.54, 1.807) is 16.7 Å². The predicted octanol–water partition coefficient (Wildman–Crippen LogP) is 4.24. The van der Waals surface area contributed by atoms with E-state index in [4.69, 9.17) is 4.74 Å². The molecule has 0 spiro atoms. The zero-order valence-corrected chi connectivity index (χ0v) is 15.0. The smallest absolute Gasteiger partial charge is 0.270 e. The van der Waals surface area contributed by atoms with Gasteiger partial charge in [-0.15, -0.1) is 11.3 Å². The van der Waals surface area contributed by atoms with Gasteiger partial charge in [0.2, 0.25) is 0 Å². The van der Waals surface area contributed by atoms with Crippen LogP contribution in [0.1, 0.15) is 23.0 Å². The Balaban J connectivity index is 1.58. The molecule has 0 atom stereocenters. The number of carbonyl (C=O) groups is 1. The maximum Gasteiger partial charge on any atom is 0.270 e. The lowest BCUT2D eigenvalue weighted by molar-refractivity contribution is 0.0950. The van der Waals surface area contributed by atoms with Gasteiger partial charge in [-0.05, 0) is 60.0 Å². The Morgan fingerprint density at radius 3 is 2.75 bits per heavy atom. The minimum Gasteiger partial charge on any atom is -0.494 e. The predicted molar refractivity (Wildman–Crippen MR) is 99.1 cm³/mol. The number of aromatic nitrogens is 1. The second kappa shape index (κ2) is 8.08. The molecule has 2 heterocycles. The molecule has 0 aliphatic carbocycles. The second-order valence-corrected chi connectivity index (χ2v) is 6.77. The maximum absolute atomic E-state index is 12.2. The Labute approximate surface area is 149 Å². The van der Waals surface area contributed by atoms with Crippen LogP contribution >= 0.6 is 22.7 Å². The molecule has 0 saturated heterocycles. The number of thiazole rings is 1. The van der Waals surface area contributed by atoms with Crippen LogP contribution in [0, 0.1) is 0 Å². The van der Waals surface area contributed by atoms with Gasteiger partial charge in [0.1, 0.15) is 16.5 Å². The largest absolute Gasteiger partial charge is 0.494 e. The Morgan fingerprint density at radius 2 is 2.04 bits per heavy atom. The van der Waals surface area contributed by atoms with Gasteiger partial charge in [0.05, 0.1) is 6.61 Å². The SMILES string of the molecule is CCOc1ccc(-c2nc(C(=O)NCCc3ccsc3)cs2)cc1. The molecule has 1 aromatic carbocycles. The maximum atomic E-state index is 12.2. The Bertz CT molecular complexity index is 780. The molecule has 24 heavy (non-hydrogen) atoms. The van der Waals surface area contributed by atoms with Crippen LogP contribution in [-0.4, -0.2) is 24.0 Å². The lowest BCUT2D eigenvalue weighted by Gasteiger charge is -2.03. The zero-order chi connectivity index (χ0) is 16.8. The molecule has 4 nitrogen and oxygen atoms in total. The van der Waals surface area contributed by atoms with E-state index < -0.39 is 0 Å². The number of carbonyl (C=O) groups excluding carboxylic acids is 1. The van der Waals surface area contributed by atoms with Crippen LogP contribution in [-0.2, 0) is 6.42 Å². The van der Waals surface area contributed by atoms with Gasteiger partial charge >= 0.3 is 0 Å². The van der Waals surface area contributed by atoms with Crippen molar-refractivity contribution in [3.05, 3.63) is 57.7 Å². The van der Waals surface area contributed by atoms with Crippen molar-refractivity contribution in [1.29, 1.82) is 0 Å². The monoisotopic (exact) mass is 358 g/mol. The number of nitrogens with zero attached hydrogens (tertiary/aromatic N) is 1. The van der Waals surface area contributed by atoms with Crippen molar-refractivity contribution in [3.63, 3.8) is 0 Å². The zero-order valence-electron chi connectivity index (χ0n) is 13.3. The summed E-state index contributed by atoms with van der Waals surface area (Å²) in [6.45, 7) is 3.22. The average molecular weight is 358 g/mol. The molecule has 2 aromatic heterocycles. The molecule has 6 heteroatoms. The average Bonchev–Trinajstić information content (AvgIpc) is 3.27. The third kappa shape index (κ3) is 4.21. The molecule has 0 unspecified atom stereocenters. The first-order chi connectivity index (χ1) is 11.8. The first-order valence-corrected chi connectivity index (χ1v) is 9.56. The molecule has 3 aromatic rings. The molecule has 0 radical (unpaired) electrons.